The Balaban J connectivity index is 1.50. The number of aromatic nitrogens is 3. The van der Waals surface area contributed by atoms with Gasteiger partial charge in [0, 0.05) is 53.2 Å². The molecule has 0 N–H and O–H groups in total. The lowest BCUT2D eigenvalue weighted by Crippen LogP contribution is -2.48. The van der Waals surface area contributed by atoms with E-state index in [-0.39, 0.29) is 11.9 Å². The summed E-state index contributed by atoms with van der Waals surface area (Å²) in [6, 6.07) is 14.7. The van der Waals surface area contributed by atoms with Gasteiger partial charge in [-0.1, -0.05) is 18.2 Å². The molecular weight excluding hydrogens is 430 g/mol. The predicted molar refractivity (Wildman–Crippen MR) is 135 cm³/mol. The van der Waals surface area contributed by atoms with Crippen LogP contribution in [0.2, 0.25) is 0 Å². The molecule has 1 aliphatic heterocycles. The van der Waals surface area contributed by atoms with Crippen molar-refractivity contribution < 1.29 is 4.79 Å². The average molecular weight is 460 g/mol. The monoisotopic (exact) mass is 459 g/mol. The molecule has 1 saturated heterocycles. The lowest BCUT2D eigenvalue weighted by atomic mass is 10.1. The van der Waals surface area contributed by atoms with Gasteiger partial charge in [-0.3, -0.25) is 4.79 Å². The van der Waals surface area contributed by atoms with Crippen molar-refractivity contribution in [2.75, 3.05) is 31.1 Å². The van der Waals surface area contributed by atoms with Crippen LogP contribution in [-0.4, -0.2) is 51.8 Å². The highest BCUT2D eigenvalue weighted by Gasteiger charge is 2.26. The number of fused-ring (bicyclic) bond motifs is 1. The smallest absolute Gasteiger partial charge is 0.254 e. The van der Waals surface area contributed by atoms with Gasteiger partial charge in [0.25, 0.3) is 5.91 Å². The maximum absolute atomic E-state index is 13.8. The van der Waals surface area contributed by atoms with E-state index in [1.165, 1.54) is 15.4 Å². The Morgan fingerprint density at radius 1 is 1.03 bits per heavy atom. The van der Waals surface area contributed by atoms with Crippen LogP contribution in [-0.2, 0) is 0 Å². The molecule has 0 saturated carbocycles. The number of carbonyl (C=O) groups is 1. The Labute approximate surface area is 198 Å². The normalized spacial score (nSPS) is 14.5. The molecule has 4 aromatic rings. The molecule has 1 amide bonds. The van der Waals surface area contributed by atoms with Crippen LogP contribution in [0.5, 0.6) is 0 Å². The van der Waals surface area contributed by atoms with Crippen molar-refractivity contribution in [3.05, 3.63) is 64.0 Å². The van der Waals surface area contributed by atoms with Gasteiger partial charge in [0.05, 0.1) is 22.8 Å². The van der Waals surface area contributed by atoms with E-state index in [0.29, 0.717) is 18.7 Å². The van der Waals surface area contributed by atoms with Crippen LogP contribution in [0.3, 0.4) is 0 Å². The van der Waals surface area contributed by atoms with Gasteiger partial charge in [-0.15, -0.1) is 11.3 Å². The van der Waals surface area contributed by atoms with Crippen molar-refractivity contribution in [2.45, 2.75) is 33.7 Å². The number of pyridine rings is 1. The van der Waals surface area contributed by atoms with Crippen molar-refractivity contribution in [2.24, 2.45) is 0 Å². The summed E-state index contributed by atoms with van der Waals surface area (Å²) < 4.78 is 1.91. The van der Waals surface area contributed by atoms with Crippen LogP contribution in [0, 0.1) is 13.8 Å². The summed E-state index contributed by atoms with van der Waals surface area (Å²) in [5.74, 6) is 0.0595. The first-order valence-corrected chi connectivity index (χ1v) is 12.3. The molecule has 1 aromatic carbocycles. The fourth-order valence-electron chi connectivity index (χ4n) is 4.57. The molecule has 0 radical (unpaired) electrons. The minimum atomic E-state index is 0.0595. The summed E-state index contributed by atoms with van der Waals surface area (Å²) in [5.41, 5.74) is 4.62. The molecular formula is C26H29N5OS. The molecule has 1 fully saturated rings. The first-order valence-electron chi connectivity index (χ1n) is 11.5. The Kier molecular flexibility index (Phi) is 5.66. The fourth-order valence-corrected chi connectivity index (χ4v) is 5.51. The van der Waals surface area contributed by atoms with Crippen molar-refractivity contribution in [3.63, 3.8) is 0 Å². The van der Waals surface area contributed by atoms with Crippen LogP contribution < -0.4 is 4.90 Å². The summed E-state index contributed by atoms with van der Waals surface area (Å²) in [5, 5.41) is 5.40. The van der Waals surface area contributed by atoms with E-state index in [1.54, 1.807) is 17.5 Å². The lowest BCUT2D eigenvalue weighted by molar-refractivity contribution is 0.0748. The zero-order chi connectivity index (χ0) is 23.1. The van der Waals surface area contributed by atoms with Gasteiger partial charge in [-0.05, 0) is 52.0 Å². The second-order valence-corrected chi connectivity index (χ2v) is 10.4. The molecule has 4 heterocycles. The van der Waals surface area contributed by atoms with Crippen LogP contribution in [0.4, 0.5) is 5.69 Å². The van der Waals surface area contributed by atoms with E-state index in [2.05, 4.69) is 68.0 Å². The summed E-state index contributed by atoms with van der Waals surface area (Å²) in [4.78, 5) is 25.5. The minimum Gasteiger partial charge on any atom is -0.368 e. The Morgan fingerprint density at radius 2 is 1.76 bits per heavy atom. The predicted octanol–water partition coefficient (Wildman–Crippen LogP) is 5.32. The average Bonchev–Trinajstić information content (AvgIpc) is 3.41. The molecule has 33 heavy (non-hydrogen) atoms. The zero-order valence-corrected chi connectivity index (χ0v) is 20.4. The largest absolute Gasteiger partial charge is 0.368 e. The fraction of sp³-hybridized carbons (Fsp3) is 0.346. The van der Waals surface area contributed by atoms with E-state index >= 15 is 0 Å². The molecule has 0 atom stereocenters. The maximum atomic E-state index is 13.8. The van der Waals surface area contributed by atoms with Gasteiger partial charge >= 0.3 is 0 Å². The summed E-state index contributed by atoms with van der Waals surface area (Å²) >= 11 is 1.76. The number of piperazine rings is 1. The third-order valence-corrected chi connectivity index (χ3v) is 7.26. The number of thiophene rings is 1. The highest BCUT2D eigenvalue weighted by molar-refractivity contribution is 7.12. The van der Waals surface area contributed by atoms with E-state index in [1.807, 2.05) is 21.7 Å². The standard InChI is InChI=1S/C26H29N5OS/c1-17(2)31-25-23(16-27-31)22(15-24(28-25)21-14-18(3)33-19(21)4)26(32)30-12-10-29(11-13-30)20-8-6-5-7-9-20/h5-9,14-17H,10-13H2,1-4H3. The van der Waals surface area contributed by atoms with Gasteiger partial charge in [-0.2, -0.15) is 5.10 Å². The van der Waals surface area contributed by atoms with E-state index in [0.717, 1.165) is 35.4 Å². The molecule has 6 nitrogen and oxygen atoms in total. The lowest BCUT2D eigenvalue weighted by Gasteiger charge is -2.36. The molecule has 0 bridgehead atoms. The minimum absolute atomic E-state index is 0.0595. The Bertz CT molecular complexity index is 1300. The number of benzene rings is 1. The SMILES string of the molecule is Cc1cc(-c2cc(C(=O)N3CCN(c4ccccc4)CC3)c3cnn(C(C)C)c3n2)c(C)s1. The number of carbonyl (C=O) groups excluding carboxylic acids is 1. The number of rotatable bonds is 4. The van der Waals surface area contributed by atoms with Crippen LogP contribution in [0.1, 0.15) is 40.0 Å². The van der Waals surface area contributed by atoms with Gasteiger partial charge in [-0.25, -0.2) is 9.67 Å². The van der Waals surface area contributed by atoms with Gasteiger partial charge in [0.1, 0.15) is 0 Å². The van der Waals surface area contributed by atoms with Crippen molar-refractivity contribution in [1.82, 2.24) is 19.7 Å². The second kappa shape index (κ2) is 8.63. The van der Waals surface area contributed by atoms with Crippen molar-refractivity contribution >= 4 is 34.0 Å². The molecule has 0 aliphatic carbocycles. The first kappa shape index (κ1) is 21.6. The number of amides is 1. The number of anilines is 1. The number of aryl methyl sites for hydroxylation is 2. The quantitative estimate of drug-likeness (QED) is 0.414. The molecule has 170 valence electrons. The molecule has 1 aliphatic rings. The highest BCUT2D eigenvalue weighted by atomic mass is 32.1. The van der Waals surface area contributed by atoms with Crippen LogP contribution in [0.15, 0.2) is 48.7 Å². The number of para-hydroxylation sites is 1. The van der Waals surface area contributed by atoms with E-state index in [4.69, 9.17) is 4.98 Å². The summed E-state index contributed by atoms with van der Waals surface area (Å²) in [7, 11) is 0. The van der Waals surface area contributed by atoms with E-state index < -0.39 is 0 Å². The van der Waals surface area contributed by atoms with Crippen molar-refractivity contribution in [3.8, 4) is 11.3 Å². The van der Waals surface area contributed by atoms with Crippen LogP contribution >= 0.6 is 11.3 Å². The number of hydrogen-bond donors (Lipinski definition) is 0. The highest BCUT2D eigenvalue weighted by Crippen LogP contribution is 2.33. The molecule has 0 spiro atoms. The molecule has 7 heteroatoms. The van der Waals surface area contributed by atoms with Crippen molar-refractivity contribution in [1.29, 1.82) is 0 Å². The third kappa shape index (κ3) is 4.02. The third-order valence-electron chi connectivity index (χ3n) is 6.29. The number of nitrogens with zero attached hydrogens (tertiary/aromatic N) is 5. The zero-order valence-electron chi connectivity index (χ0n) is 19.6. The molecule has 0 unspecified atom stereocenters. The van der Waals surface area contributed by atoms with E-state index in [9.17, 15) is 4.79 Å². The topological polar surface area (TPSA) is 54.3 Å². The first-order chi connectivity index (χ1) is 15.9. The van der Waals surface area contributed by atoms with Crippen LogP contribution in [0.25, 0.3) is 22.3 Å². The molecule has 3 aromatic heterocycles. The summed E-state index contributed by atoms with van der Waals surface area (Å²) in [6.45, 7) is 11.4. The van der Waals surface area contributed by atoms with Gasteiger partial charge < -0.3 is 9.80 Å². The second-order valence-electron chi connectivity index (χ2n) is 8.92. The Morgan fingerprint density at radius 3 is 2.39 bits per heavy atom. The maximum Gasteiger partial charge on any atom is 0.254 e. The summed E-state index contributed by atoms with van der Waals surface area (Å²) in [6.07, 6.45) is 1.80. The van der Waals surface area contributed by atoms with Gasteiger partial charge in [0.2, 0.25) is 0 Å². The molecule has 5 rings (SSSR count). The Hall–Kier alpha value is -3.19. The van der Waals surface area contributed by atoms with Gasteiger partial charge in [0.15, 0.2) is 5.65 Å². The number of hydrogen-bond acceptors (Lipinski definition) is 5.